The second-order valence-electron chi connectivity index (χ2n) is 3.91. The van der Waals surface area contributed by atoms with Crippen LogP contribution in [-0.4, -0.2) is 23.8 Å². The zero-order valence-corrected chi connectivity index (χ0v) is 9.69. The zero-order valence-electron chi connectivity index (χ0n) is 9.69. The molecule has 0 amide bonds. The van der Waals surface area contributed by atoms with Crippen molar-refractivity contribution in [3.8, 4) is 5.75 Å². The van der Waals surface area contributed by atoms with Crippen LogP contribution in [-0.2, 0) is 16.1 Å². The van der Waals surface area contributed by atoms with Crippen LogP contribution in [0.2, 0.25) is 0 Å². The van der Waals surface area contributed by atoms with Crippen molar-refractivity contribution in [1.82, 2.24) is 0 Å². The van der Waals surface area contributed by atoms with Crippen LogP contribution >= 0.6 is 0 Å². The van der Waals surface area contributed by atoms with E-state index in [1.807, 2.05) is 0 Å². The van der Waals surface area contributed by atoms with Gasteiger partial charge in [0.2, 0.25) is 0 Å². The van der Waals surface area contributed by atoms with Gasteiger partial charge in [0.1, 0.15) is 5.75 Å². The molecule has 1 N–H and O–H groups in total. The summed E-state index contributed by atoms with van der Waals surface area (Å²) in [6.07, 6.45) is 0. The number of aliphatic hydroxyl groups is 1. The molecule has 0 aliphatic rings. The summed E-state index contributed by atoms with van der Waals surface area (Å²) in [4.78, 5) is 11.4. The summed E-state index contributed by atoms with van der Waals surface area (Å²) in [5.41, 5.74) is -0.304. The van der Waals surface area contributed by atoms with E-state index in [1.54, 1.807) is 38.1 Å². The third-order valence-electron chi connectivity index (χ3n) is 2.13. The molecule has 0 unspecified atom stereocenters. The van der Waals surface area contributed by atoms with E-state index in [0.717, 1.165) is 5.56 Å². The zero-order chi connectivity index (χ0) is 12.2. The number of aliphatic hydroxyl groups excluding tert-OH is 1. The number of methoxy groups -OCH3 is 1. The Morgan fingerprint density at radius 2 is 2.12 bits per heavy atom. The molecule has 4 heteroatoms. The normalized spacial score (nSPS) is 11.0. The lowest BCUT2D eigenvalue weighted by atomic mass is 10.1. The SMILES string of the molecule is COC(=O)C(C)(C)Oc1cccc(CO)c1. The van der Waals surface area contributed by atoms with Crippen LogP contribution in [0.15, 0.2) is 24.3 Å². The van der Waals surface area contributed by atoms with Crippen molar-refractivity contribution < 1.29 is 19.4 Å². The molecular formula is C12H16O4. The van der Waals surface area contributed by atoms with Crippen LogP contribution in [0.1, 0.15) is 19.4 Å². The lowest BCUT2D eigenvalue weighted by Gasteiger charge is -2.23. The van der Waals surface area contributed by atoms with Gasteiger partial charge >= 0.3 is 5.97 Å². The number of esters is 1. The van der Waals surface area contributed by atoms with E-state index in [4.69, 9.17) is 9.84 Å². The number of carbonyl (C=O) groups is 1. The van der Waals surface area contributed by atoms with Crippen LogP contribution in [0.5, 0.6) is 5.75 Å². The molecule has 4 nitrogen and oxygen atoms in total. The van der Waals surface area contributed by atoms with Gasteiger partial charge in [-0.25, -0.2) is 4.79 Å². The summed E-state index contributed by atoms with van der Waals surface area (Å²) < 4.78 is 10.1. The van der Waals surface area contributed by atoms with Crippen molar-refractivity contribution in [2.45, 2.75) is 26.1 Å². The first-order chi connectivity index (χ1) is 7.49. The fourth-order valence-corrected chi connectivity index (χ4v) is 1.29. The highest BCUT2D eigenvalue weighted by atomic mass is 16.6. The van der Waals surface area contributed by atoms with E-state index in [9.17, 15) is 4.79 Å². The highest BCUT2D eigenvalue weighted by molar-refractivity contribution is 5.78. The standard InChI is InChI=1S/C12H16O4/c1-12(2,11(14)15-3)16-10-6-4-5-9(7-10)8-13/h4-7,13H,8H2,1-3H3. The smallest absolute Gasteiger partial charge is 0.349 e. The van der Waals surface area contributed by atoms with E-state index in [1.165, 1.54) is 7.11 Å². The largest absolute Gasteiger partial charge is 0.476 e. The number of hydrogen-bond acceptors (Lipinski definition) is 4. The fraction of sp³-hybridized carbons (Fsp3) is 0.417. The first-order valence-electron chi connectivity index (χ1n) is 4.97. The molecule has 0 radical (unpaired) electrons. The van der Waals surface area contributed by atoms with Crippen LogP contribution < -0.4 is 4.74 Å². The van der Waals surface area contributed by atoms with E-state index < -0.39 is 11.6 Å². The van der Waals surface area contributed by atoms with Gasteiger partial charge in [-0.2, -0.15) is 0 Å². The average molecular weight is 224 g/mol. The maximum Gasteiger partial charge on any atom is 0.349 e. The second-order valence-corrected chi connectivity index (χ2v) is 3.91. The number of ether oxygens (including phenoxy) is 2. The molecule has 0 saturated heterocycles. The molecule has 0 heterocycles. The minimum absolute atomic E-state index is 0.0597. The molecule has 0 saturated carbocycles. The third-order valence-corrected chi connectivity index (χ3v) is 2.13. The lowest BCUT2D eigenvalue weighted by Crippen LogP contribution is -2.39. The van der Waals surface area contributed by atoms with Gasteiger partial charge in [-0.05, 0) is 31.5 Å². The van der Waals surface area contributed by atoms with E-state index in [2.05, 4.69) is 4.74 Å². The van der Waals surface area contributed by atoms with Crippen molar-refractivity contribution in [1.29, 1.82) is 0 Å². The van der Waals surface area contributed by atoms with Crippen molar-refractivity contribution in [3.63, 3.8) is 0 Å². The molecule has 16 heavy (non-hydrogen) atoms. The van der Waals surface area contributed by atoms with Crippen molar-refractivity contribution in [3.05, 3.63) is 29.8 Å². The van der Waals surface area contributed by atoms with E-state index in [-0.39, 0.29) is 6.61 Å². The summed E-state index contributed by atoms with van der Waals surface area (Å²) in [6, 6.07) is 6.95. The van der Waals surface area contributed by atoms with E-state index in [0.29, 0.717) is 5.75 Å². The predicted molar refractivity (Wildman–Crippen MR) is 59.1 cm³/mol. The van der Waals surface area contributed by atoms with Gasteiger partial charge in [-0.1, -0.05) is 12.1 Å². The maximum absolute atomic E-state index is 11.4. The average Bonchev–Trinajstić information content (AvgIpc) is 2.27. The number of rotatable bonds is 4. The molecule has 0 aliphatic carbocycles. The summed E-state index contributed by atoms with van der Waals surface area (Å²) in [7, 11) is 1.32. The van der Waals surface area contributed by atoms with Crippen LogP contribution in [0.3, 0.4) is 0 Å². The van der Waals surface area contributed by atoms with Gasteiger partial charge in [0, 0.05) is 0 Å². The van der Waals surface area contributed by atoms with Gasteiger partial charge < -0.3 is 14.6 Å². The van der Waals surface area contributed by atoms with E-state index >= 15 is 0 Å². The first-order valence-corrected chi connectivity index (χ1v) is 4.97. The van der Waals surface area contributed by atoms with Crippen LogP contribution in [0.25, 0.3) is 0 Å². The quantitative estimate of drug-likeness (QED) is 0.788. The second kappa shape index (κ2) is 4.99. The summed E-state index contributed by atoms with van der Waals surface area (Å²) >= 11 is 0. The fourth-order valence-electron chi connectivity index (χ4n) is 1.29. The van der Waals surface area contributed by atoms with Crippen molar-refractivity contribution in [2.24, 2.45) is 0 Å². The Kier molecular flexibility index (Phi) is 3.90. The first kappa shape index (κ1) is 12.5. The number of carbonyl (C=O) groups excluding carboxylic acids is 1. The monoisotopic (exact) mass is 224 g/mol. The molecule has 0 spiro atoms. The Hall–Kier alpha value is -1.55. The molecule has 1 aromatic carbocycles. The van der Waals surface area contributed by atoms with Gasteiger partial charge in [-0.3, -0.25) is 0 Å². The molecule has 0 bridgehead atoms. The van der Waals surface area contributed by atoms with Gasteiger partial charge in [0.15, 0.2) is 5.60 Å². The Balaban J connectivity index is 2.83. The molecule has 1 aromatic rings. The summed E-state index contributed by atoms with van der Waals surface area (Å²) in [5, 5.41) is 8.97. The molecule has 1 rings (SSSR count). The number of benzene rings is 1. The minimum atomic E-state index is -1.04. The van der Waals surface area contributed by atoms with Crippen LogP contribution in [0, 0.1) is 0 Å². The predicted octanol–water partition coefficient (Wildman–Crippen LogP) is 1.51. The van der Waals surface area contributed by atoms with Gasteiger partial charge in [-0.15, -0.1) is 0 Å². The van der Waals surface area contributed by atoms with Crippen molar-refractivity contribution in [2.75, 3.05) is 7.11 Å². The molecule has 0 fully saturated rings. The molecule has 0 atom stereocenters. The molecular weight excluding hydrogens is 208 g/mol. The highest BCUT2D eigenvalue weighted by Crippen LogP contribution is 2.20. The molecule has 88 valence electrons. The topological polar surface area (TPSA) is 55.8 Å². The minimum Gasteiger partial charge on any atom is -0.476 e. The lowest BCUT2D eigenvalue weighted by molar-refractivity contribution is -0.156. The third kappa shape index (κ3) is 2.97. The van der Waals surface area contributed by atoms with Crippen molar-refractivity contribution >= 4 is 5.97 Å². The van der Waals surface area contributed by atoms with Gasteiger partial charge in [0.05, 0.1) is 13.7 Å². The Labute approximate surface area is 94.8 Å². The van der Waals surface area contributed by atoms with Crippen LogP contribution in [0.4, 0.5) is 0 Å². The summed E-state index contributed by atoms with van der Waals surface area (Å²) in [6.45, 7) is 3.20. The molecule has 0 aromatic heterocycles. The maximum atomic E-state index is 11.4. The van der Waals surface area contributed by atoms with Gasteiger partial charge in [0.25, 0.3) is 0 Å². The highest BCUT2D eigenvalue weighted by Gasteiger charge is 2.30. The Morgan fingerprint density at radius 3 is 2.69 bits per heavy atom. The molecule has 0 aliphatic heterocycles. The Bertz CT molecular complexity index is 371. The summed E-state index contributed by atoms with van der Waals surface area (Å²) in [5.74, 6) is 0.0869. The Morgan fingerprint density at radius 1 is 1.44 bits per heavy atom. The number of hydrogen-bond donors (Lipinski definition) is 1.